The first-order chi connectivity index (χ1) is 8.77. The second kappa shape index (κ2) is 9.02. The van der Waals surface area contributed by atoms with Crippen molar-refractivity contribution >= 4 is 15.9 Å². The minimum Gasteiger partial charge on any atom is -0.493 e. The van der Waals surface area contributed by atoms with Gasteiger partial charge in [-0.2, -0.15) is 0 Å². The van der Waals surface area contributed by atoms with Gasteiger partial charge in [-0.25, -0.2) is 0 Å². The van der Waals surface area contributed by atoms with E-state index in [0.717, 1.165) is 36.2 Å². The molecule has 0 aliphatic carbocycles. The highest BCUT2D eigenvalue weighted by Crippen LogP contribution is 2.22. The molecule has 3 heteroatoms. The van der Waals surface area contributed by atoms with E-state index in [2.05, 4.69) is 46.1 Å². The number of ether oxygens (including phenoxy) is 1. The maximum Gasteiger partial charge on any atom is 0.119 e. The van der Waals surface area contributed by atoms with Gasteiger partial charge in [-0.15, -0.1) is 11.8 Å². The molecule has 18 heavy (non-hydrogen) atoms. The van der Waals surface area contributed by atoms with E-state index in [9.17, 15) is 0 Å². The molecule has 98 valence electrons. The van der Waals surface area contributed by atoms with Gasteiger partial charge in [0.05, 0.1) is 6.61 Å². The zero-order valence-corrected chi connectivity index (χ0v) is 12.6. The lowest BCUT2D eigenvalue weighted by Crippen LogP contribution is -2.14. The van der Waals surface area contributed by atoms with Gasteiger partial charge in [0.2, 0.25) is 0 Å². The summed E-state index contributed by atoms with van der Waals surface area (Å²) in [7, 11) is 0. The molecular weight excluding hydrogens is 290 g/mol. The molecule has 2 nitrogen and oxygen atoms in total. The summed E-state index contributed by atoms with van der Waals surface area (Å²) in [4.78, 5) is 0. The van der Waals surface area contributed by atoms with Crippen molar-refractivity contribution in [2.45, 2.75) is 33.2 Å². The van der Waals surface area contributed by atoms with Crippen LogP contribution in [0.3, 0.4) is 0 Å². The fraction of sp³-hybridized carbons (Fsp3) is 0.467. The highest BCUT2D eigenvalue weighted by Gasteiger charge is 2.02. The van der Waals surface area contributed by atoms with Gasteiger partial charge >= 0.3 is 0 Å². The fourth-order valence-electron chi connectivity index (χ4n) is 1.52. The first-order valence-corrected chi connectivity index (χ1v) is 7.08. The fourth-order valence-corrected chi connectivity index (χ4v) is 1.91. The van der Waals surface area contributed by atoms with Crippen LogP contribution in [0.1, 0.15) is 32.3 Å². The van der Waals surface area contributed by atoms with Gasteiger partial charge in [-0.05, 0) is 43.7 Å². The number of hydrogen-bond donors (Lipinski definition) is 1. The lowest BCUT2D eigenvalue weighted by molar-refractivity contribution is 0.326. The Hall–Kier alpha value is -0.980. The van der Waals surface area contributed by atoms with Gasteiger partial charge in [-0.1, -0.05) is 22.9 Å². The van der Waals surface area contributed by atoms with E-state index in [4.69, 9.17) is 4.74 Å². The van der Waals surface area contributed by atoms with E-state index in [1.807, 2.05) is 19.1 Å². The minimum absolute atomic E-state index is 0.643. The van der Waals surface area contributed by atoms with E-state index in [0.29, 0.717) is 6.61 Å². The van der Waals surface area contributed by atoms with E-state index in [1.54, 1.807) is 0 Å². The molecule has 0 saturated carbocycles. The molecule has 1 rings (SSSR count). The molecular formula is C15H20BrNO. The Morgan fingerprint density at radius 2 is 2.22 bits per heavy atom. The highest BCUT2D eigenvalue weighted by atomic mass is 79.9. The molecule has 0 saturated heterocycles. The van der Waals surface area contributed by atoms with E-state index in [-0.39, 0.29) is 0 Å². The van der Waals surface area contributed by atoms with Crippen LogP contribution >= 0.6 is 15.9 Å². The van der Waals surface area contributed by atoms with Gasteiger partial charge < -0.3 is 10.1 Å². The number of hydrogen-bond acceptors (Lipinski definition) is 2. The third kappa shape index (κ3) is 5.57. The molecule has 0 spiro atoms. The first kappa shape index (κ1) is 15.1. The number of nitrogens with one attached hydrogen (secondary N) is 1. The largest absolute Gasteiger partial charge is 0.493 e. The topological polar surface area (TPSA) is 21.3 Å². The highest BCUT2D eigenvalue weighted by molar-refractivity contribution is 9.10. The Morgan fingerprint density at radius 3 is 2.94 bits per heavy atom. The van der Waals surface area contributed by atoms with Gasteiger partial charge in [0.25, 0.3) is 0 Å². The summed E-state index contributed by atoms with van der Waals surface area (Å²) in [5.74, 6) is 6.76. The van der Waals surface area contributed by atoms with E-state index >= 15 is 0 Å². The molecule has 0 radical (unpaired) electrons. The summed E-state index contributed by atoms with van der Waals surface area (Å²) in [6.45, 7) is 6.54. The van der Waals surface area contributed by atoms with Crippen LogP contribution < -0.4 is 10.1 Å². The summed E-state index contributed by atoms with van der Waals surface area (Å²) in [5.41, 5.74) is 1.22. The second-order valence-corrected chi connectivity index (χ2v) is 4.81. The minimum atomic E-state index is 0.643. The zero-order chi connectivity index (χ0) is 13.2. The van der Waals surface area contributed by atoms with Crippen LogP contribution in [-0.2, 0) is 6.54 Å². The zero-order valence-electron chi connectivity index (χ0n) is 11.1. The third-order valence-electron chi connectivity index (χ3n) is 2.43. The van der Waals surface area contributed by atoms with E-state index in [1.165, 1.54) is 5.56 Å². The van der Waals surface area contributed by atoms with Crippen LogP contribution in [0.5, 0.6) is 5.75 Å². The molecule has 0 amide bonds. The summed E-state index contributed by atoms with van der Waals surface area (Å²) >= 11 is 3.56. The van der Waals surface area contributed by atoms with Crippen molar-refractivity contribution in [3.63, 3.8) is 0 Å². The van der Waals surface area contributed by atoms with Gasteiger partial charge in [0.1, 0.15) is 5.75 Å². The summed E-state index contributed by atoms with van der Waals surface area (Å²) < 4.78 is 6.78. The molecule has 1 aromatic carbocycles. The van der Waals surface area contributed by atoms with Crippen molar-refractivity contribution in [3.8, 4) is 17.6 Å². The number of rotatable bonds is 7. The molecule has 1 N–H and O–H groups in total. The third-order valence-corrected chi connectivity index (χ3v) is 3.21. The molecule has 0 bridgehead atoms. The number of halogens is 1. The lowest BCUT2D eigenvalue weighted by atomic mass is 10.2. The molecule has 1 aromatic rings. The Labute approximate surface area is 118 Å². The van der Waals surface area contributed by atoms with Crippen LogP contribution in [0.15, 0.2) is 22.7 Å². The second-order valence-electron chi connectivity index (χ2n) is 3.96. The van der Waals surface area contributed by atoms with Crippen LogP contribution in [0.25, 0.3) is 0 Å². The van der Waals surface area contributed by atoms with Crippen molar-refractivity contribution in [2.24, 2.45) is 0 Å². The molecule has 0 aliphatic heterocycles. The van der Waals surface area contributed by atoms with Crippen LogP contribution in [0.2, 0.25) is 0 Å². The van der Waals surface area contributed by atoms with Gasteiger partial charge in [0.15, 0.2) is 0 Å². The quantitative estimate of drug-likeness (QED) is 0.612. The Balaban J connectivity index is 2.52. The number of benzene rings is 1. The summed E-state index contributed by atoms with van der Waals surface area (Å²) in [6, 6.07) is 6.09. The maximum atomic E-state index is 5.66. The lowest BCUT2D eigenvalue weighted by Gasteiger charge is -2.09. The predicted octanol–water partition coefficient (Wildman–Crippen LogP) is 3.74. The monoisotopic (exact) mass is 309 g/mol. The standard InChI is InChI=1S/C15H20BrNO/c1-3-5-6-10-18-14-7-8-15(16)13(11-14)12-17-9-4-2/h7-8,11,17H,4,6,9-10,12H2,1-2H3. The smallest absolute Gasteiger partial charge is 0.119 e. The molecule has 0 unspecified atom stereocenters. The van der Waals surface area contributed by atoms with Crippen LogP contribution in [0.4, 0.5) is 0 Å². The molecule has 0 heterocycles. The SMILES string of the molecule is CC#CCCOc1ccc(Br)c(CNCCC)c1. The normalized spacial score (nSPS) is 9.72. The Kier molecular flexibility index (Phi) is 7.55. The van der Waals surface area contributed by atoms with E-state index < -0.39 is 0 Å². The molecule has 0 atom stereocenters. The summed E-state index contributed by atoms with van der Waals surface area (Å²) in [6.07, 6.45) is 1.92. The molecule has 0 fully saturated rings. The van der Waals surface area contributed by atoms with Crippen molar-refractivity contribution in [1.82, 2.24) is 5.32 Å². The van der Waals surface area contributed by atoms with Crippen molar-refractivity contribution < 1.29 is 4.74 Å². The van der Waals surface area contributed by atoms with Crippen molar-refractivity contribution in [1.29, 1.82) is 0 Å². The molecule has 0 aliphatic rings. The van der Waals surface area contributed by atoms with Crippen LogP contribution in [-0.4, -0.2) is 13.2 Å². The summed E-state index contributed by atoms with van der Waals surface area (Å²) in [5, 5.41) is 3.39. The molecule has 0 aromatic heterocycles. The van der Waals surface area contributed by atoms with Gasteiger partial charge in [-0.3, -0.25) is 0 Å². The Morgan fingerprint density at radius 1 is 1.39 bits per heavy atom. The Bertz CT molecular complexity index is 420. The predicted molar refractivity (Wildman–Crippen MR) is 79.7 cm³/mol. The van der Waals surface area contributed by atoms with Crippen LogP contribution in [0, 0.1) is 11.8 Å². The van der Waals surface area contributed by atoms with Crippen molar-refractivity contribution in [2.75, 3.05) is 13.2 Å². The first-order valence-electron chi connectivity index (χ1n) is 6.29. The average molecular weight is 310 g/mol. The maximum absolute atomic E-state index is 5.66. The average Bonchev–Trinajstić information content (AvgIpc) is 2.38. The van der Waals surface area contributed by atoms with Gasteiger partial charge in [0, 0.05) is 17.4 Å². The van der Waals surface area contributed by atoms with Crippen molar-refractivity contribution in [3.05, 3.63) is 28.2 Å².